The molecule has 1 atom stereocenters. The lowest BCUT2D eigenvalue weighted by molar-refractivity contribution is 0.773. The first-order valence-corrected chi connectivity index (χ1v) is 6.61. The summed E-state index contributed by atoms with van der Waals surface area (Å²) in [5, 5.41) is 4.95. The lowest BCUT2D eigenvalue weighted by Gasteiger charge is -2.14. The summed E-state index contributed by atoms with van der Waals surface area (Å²) in [6.45, 7) is 0. The Morgan fingerprint density at radius 1 is 1.11 bits per heavy atom. The number of hydrogen-bond acceptors (Lipinski definition) is 2. The van der Waals surface area contributed by atoms with Gasteiger partial charge in [0, 0.05) is 17.3 Å². The van der Waals surface area contributed by atoms with Crippen molar-refractivity contribution in [1.29, 1.82) is 0 Å². The number of pyridine rings is 1. The zero-order chi connectivity index (χ0) is 12.5. The molecule has 1 aromatic heterocycles. The van der Waals surface area contributed by atoms with E-state index in [1.807, 2.05) is 12.1 Å². The van der Waals surface area contributed by atoms with E-state index in [0.29, 0.717) is 11.1 Å². The minimum Gasteiger partial charge on any atom is -0.379 e. The molecule has 3 rings (SSSR count). The van der Waals surface area contributed by atoms with Gasteiger partial charge in [0.1, 0.15) is 0 Å². The highest BCUT2D eigenvalue weighted by molar-refractivity contribution is 6.33. The highest BCUT2D eigenvalue weighted by atomic mass is 35.5. The summed E-state index contributed by atoms with van der Waals surface area (Å²) in [5.41, 5.74) is 3.57. The Balaban J connectivity index is 1.77. The van der Waals surface area contributed by atoms with Crippen LogP contribution < -0.4 is 5.32 Å². The van der Waals surface area contributed by atoms with Crippen LogP contribution in [0.25, 0.3) is 0 Å². The second-order valence-electron chi connectivity index (χ2n) is 4.52. The molecule has 2 nitrogen and oxygen atoms in total. The molecule has 1 heterocycles. The third kappa shape index (κ3) is 2.31. The molecule has 1 aromatic carbocycles. The molecule has 0 saturated carbocycles. The van der Waals surface area contributed by atoms with Crippen LogP contribution in [0.4, 0.5) is 5.69 Å². The first kappa shape index (κ1) is 11.8. The van der Waals surface area contributed by atoms with E-state index in [4.69, 9.17) is 23.2 Å². The number of fused-ring (bicyclic) bond motifs is 1. The van der Waals surface area contributed by atoms with Gasteiger partial charge in [-0.3, -0.25) is 4.98 Å². The molecule has 0 amide bonds. The summed E-state index contributed by atoms with van der Waals surface area (Å²) < 4.78 is 0. The van der Waals surface area contributed by atoms with E-state index in [0.717, 1.165) is 23.6 Å². The Hall–Kier alpha value is -1.25. The largest absolute Gasteiger partial charge is 0.379 e. The van der Waals surface area contributed by atoms with Crippen molar-refractivity contribution >= 4 is 28.9 Å². The molecular weight excluding hydrogens is 267 g/mol. The first-order valence-electron chi connectivity index (χ1n) is 5.86. The number of hydrogen-bond donors (Lipinski definition) is 1. The number of nitrogens with one attached hydrogen (secondary N) is 1. The highest BCUT2D eigenvalue weighted by Crippen LogP contribution is 2.28. The Kier molecular flexibility index (Phi) is 3.14. The van der Waals surface area contributed by atoms with E-state index in [1.165, 1.54) is 11.1 Å². The Morgan fingerprint density at radius 3 is 2.78 bits per heavy atom. The van der Waals surface area contributed by atoms with Gasteiger partial charge in [-0.05, 0) is 42.2 Å². The molecular formula is C14H12Cl2N2. The number of aromatic nitrogens is 1. The molecule has 0 spiro atoms. The monoisotopic (exact) mass is 278 g/mol. The SMILES string of the molecule is Clc1ccc2c(c1)CC(Nc1cnccc1Cl)C2. The smallest absolute Gasteiger partial charge is 0.0718 e. The maximum absolute atomic E-state index is 6.12. The van der Waals surface area contributed by atoms with Crippen molar-refractivity contribution in [3.05, 3.63) is 57.8 Å². The van der Waals surface area contributed by atoms with Crippen LogP contribution in [0.3, 0.4) is 0 Å². The van der Waals surface area contributed by atoms with Gasteiger partial charge >= 0.3 is 0 Å². The second-order valence-corrected chi connectivity index (χ2v) is 5.36. The van der Waals surface area contributed by atoms with E-state index >= 15 is 0 Å². The molecule has 1 unspecified atom stereocenters. The predicted molar refractivity (Wildman–Crippen MR) is 75.5 cm³/mol. The number of rotatable bonds is 2. The van der Waals surface area contributed by atoms with Gasteiger partial charge in [0.05, 0.1) is 16.9 Å². The fraction of sp³-hybridized carbons (Fsp3) is 0.214. The number of anilines is 1. The van der Waals surface area contributed by atoms with E-state index in [1.54, 1.807) is 18.5 Å². The molecule has 0 bridgehead atoms. The lowest BCUT2D eigenvalue weighted by atomic mass is 10.1. The van der Waals surface area contributed by atoms with Crippen molar-refractivity contribution in [2.45, 2.75) is 18.9 Å². The Bertz CT molecular complexity index is 584. The Morgan fingerprint density at radius 2 is 1.94 bits per heavy atom. The van der Waals surface area contributed by atoms with Crippen LogP contribution in [0.2, 0.25) is 10.0 Å². The normalized spacial score (nSPS) is 17.6. The maximum atomic E-state index is 6.12. The molecule has 0 aliphatic heterocycles. The molecule has 2 aromatic rings. The van der Waals surface area contributed by atoms with Crippen LogP contribution in [0.5, 0.6) is 0 Å². The standard InChI is InChI=1S/C14H12Cl2N2/c15-11-2-1-9-6-12(7-10(9)5-11)18-14-8-17-4-3-13(14)16/h1-5,8,12,18H,6-7H2. The maximum Gasteiger partial charge on any atom is 0.0718 e. The molecule has 0 radical (unpaired) electrons. The minimum atomic E-state index is 0.361. The minimum absolute atomic E-state index is 0.361. The van der Waals surface area contributed by atoms with Crippen molar-refractivity contribution in [3.8, 4) is 0 Å². The molecule has 18 heavy (non-hydrogen) atoms. The fourth-order valence-corrected chi connectivity index (χ4v) is 2.75. The molecule has 0 fully saturated rings. The molecule has 0 saturated heterocycles. The summed E-state index contributed by atoms with van der Waals surface area (Å²) in [6, 6.07) is 8.25. The lowest BCUT2D eigenvalue weighted by Crippen LogP contribution is -2.19. The summed E-state index contributed by atoms with van der Waals surface area (Å²) in [5.74, 6) is 0. The summed E-state index contributed by atoms with van der Waals surface area (Å²) in [4.78, 5) is 4.08. The molecule has 4 heteroatoms. The van der Waals surface area contributed by atoms with Crippen molar-refractivity contribution in [2.75, 3.05) is 5.32 Å². The first-order chi connectivity index (χ1) is 8.72. The predicted octanol–water partition coefficient (Wildman–Crippen LogP) is 3.97. The van der Waals surface area contributed by atoms with Crippen molar-refractivity contribution in [1.82, 2.24) is 4.98 Å². The average molecular weight is 279 g/mol. The third-order valence-electron chi connectivity index (χ3n) is 3.23. The number of nitrogens with zero attached hydrogens (tertiary/aromatic N) is 1. The molecule has 1 aliphatic rings. The van der Waals surface area contributed by atoms with Gasteiger partial charge in [0.2, 0.25) is 0 Å². The van der Waals surface area contributed by atoms with Gasteiger partial charge in [-0.2, -0.15) is 0 Å². The Labute approximate surface area is 116 Å². The van der Waals surface area contributed by atoms with Crippen LogP contribution in [0.1, 0.15) is 11.1 Å². The number of halogens is 2. The topological polar surface area (TPSA) is 24.9 Å². The quantitative estimate of drug-likeness (QED) is 0.899. The summed E-state index contributed by atoms with van der Waals surface area (Å²) in [7, 11) is 0. The molecule has 1 aliphatic carbocycles. The van der Waals surface area contributed by atoms with Crippen molar-refractivity contribution in [3.63, 3.8) is 0 Å². The zero-order valence-corrected chi connectivity index (χ0v) is 11.2. The van der Waals surface area contributed by atoms with E-state index < -0.39 is 0 Å². The molecule has 92 valence electrons. The van der Waals surface area contributed by atoms with Crippen molar-refractivity contribution in [2.24, 2.45) is 0 Å². The van der Waals surface area contributed by atoms with Crippen LogP contribution >= 0.6 is 23.2 Å². The zero-order valence-electron chi connectivity index (χ0n) is 9.66. The highest BCUT2D eigenvalue weighted by Gasteiger charge is 2.21. The van der Waals surface area contributed by atoms with Crippen molar-refractivity contribution < 1.29 is 0 Å². The van der Waals surface area contributed by atoms with Gasteiger partial charge in [0.25, 0.3) is 0 Å². The summed E-state index contributed by atoms with van der Waals surface area (Å²) >= 11 is 12.1. The third-order valence-corrected chi connectivity index (χ3v) is 3.79. The van der Waals surface area contributed by atoms with Gasteiger partial charge in [-0.25, -0.2) is 0 Å². The van der Waals surface area contributed by atoms with E-state index in [9.17, 15) is 0 Å². The van der Waals surface area contributed by atoms with Gasteiger partial charge in [-0.15, -0.1) is 0 Å². The molecule has 1 N–H and O–H groups in total. The van der Waals surface area contributed by atoms with Gasteiger partial charge < -0.3 is 5.32 Å². The second kappa shape index (κ2) is 4.79. The van der Waals surface area contributed by atoms with Crippen LogP contribution in [0, 0.1) is 0 Å². The van der Waals surface area contributed by atoms with E-state index in [-0.39, 0.29) is 0 Å². The fourth-order valence-electron chi connectivity index (χ4n) is 2.39. The van der Waals surface area contributed by atoms with E-state index in [2.05, 4.69) is 16.4 Å². The van der Waals surface area contributed by atoms with Crippen LogP contribution in [0.15, 0.2) is 36.7 Å². The number of benzene rings is 1. The van der Waals surface area contributed by atoms with Crippen LogP contribution in [-0.4, -0.2) is 11.0 Å². The van der Waals surface area contributed by atoms with Crippen LogP contribution in [-0.2, 0) is 12.8 Å². The summed E-state index contributed by atoms with van der Waals surface area (Å²) in [6.07, 6.45) is 5.42. The van der Waals surface area contributed by atoms with Gasteiger partial charge in [-0.1, -0.05) is 29.3 Å². The average Bonchev–Trinajstić information content (AvgIpc) is 2.73. The van der Waals surface area contributed by atoms with Gasteiger partial charge in [0.15, 0.2) is 0 Å².